The van der Waals surface area contributed by atoms with Gasteiger partial charge in [-0.05, 0) is 6.07 Å². The summed E-state index contributed by atoms with van der Waals surface area (Å²) >= 11 is 0. The summed E-state index contributed by atoms with van der Waals surface area (Å²) in [6.45, 7) is 0. The number of alkyl halides is 3. The first-order valence-corrected chi connectivity index (χ1v) is 3.98. The van der Waals surface area contributed by atoms with E-state index in [-0.39, 0.29) is 0 Å². The van der Waals surface area contributed by atoms with E-state index in [0.717, 1.165) is 0 Å². The van der Waals surface area contributed by atoms with Crippen molar-refractivity contribution in [2.24, 2.45) is 0 Å². The maximum absolute atomic E-state index is 12.7. The van der Waals surface area contributed by atoms with Gasteiger partial charge < -0.3 is 5.11 Å². The Balaban J connectivity index is 3.03. The number of rotatable bonds is 2. The molecule has 0 spiro atoms. The quantitative estimate of drug-likeness (QED) is 0.805. The van der Waals surface area contributed by atoms with Crippen LogP contribution in [0.15, 0.2) is 12.1 Å². The van der Waals surface area contributed by atoms with Gasteiger partial charge in [-0.15, -0.1) is 0 Å². The van der Waals surface area contributed by atoms with Gasteiger partial charge in [-0.25, -0.2) is 8.78 Å². The van der Waals surface area contributed by atoms with Crippen molar-refractivity contribution in [3.8, 4) is 5.75 Å². The summed E-state index contributed by atoms with van der Waals surface area (Å²) in [7, 11) is 0. The molecular weight excluding hydrogens is 235 g/mol. The molecule has 0 amide bonds. The number of phenolic OH excluding ortho intramolecular Hbond substituents is 1. The average Bonchev–Trinajstić information content (AvgIpc) is 2.11. The van der Waals surface area contributed by atoms with Crippen LogP contribution in [-0.2, 0) is 11.2 Å². The molecule has 1 aromatic carbocycles. The van der Waals surface area contributed by atoms with Crippen LogP contribution in [0, 0.1) is 11.6 Å². The normalized spacial score (nSPS) is 11.6. The first-order chi connectivity index (χ1) is 7.21. The van der Waals surface area contributed by atoms with Gasteiger partial charge in [0.2, 0.25) is 5.78 Å². The average molecular weight is 240 g/mol. The molecule has 0 heterocycles. The lowest BCUT2D eigenvalue weighted by atomic mass is 10.1. The fourth-order valence-electron chi connectivity index (χ4n) is 1.03. The third kappa shape index (κ3) is 2.68. The second kappa shape index (κ2) is 4.07. The summed E-state index contributed by atoms with van der Waals surface area (Å²) in [4.78, 5) is 10.5. The molecule has 0 radical (unpaired) electrons. The molecule has 0 bridgehead atoms. The minimum atomic E-state index is -5.10. The molecule has 0 saturated heterocycles. The molecule has 1 rings (SSSR count). The molecule has 0 unspecified atom stereocenters. The van der Waals surface area contributed by atoms with E-state index in [0.29, 0.717) is 12.1 Å². The second-order valence-electron chi connectivity index (χ2n) is 2.99. The van der Waals surface area contributed by atoms with Gasteiger partial charge in [0.05, 0.1) is 0 Å². The topological polar surface area (TPSA) is 37.3 Å². The highest BCUT2D eigenvalue weighted by molar-refractivity contribution is 5.86. The largest absolute Gasteiger partial charge is 0.505 e. The highest BCUT2D eigenvalue weighted by atomic mass is 19.4. The number of hydrogen-bond acceptors (Lipinski definition) is 2. The number of carbonyl (C=O) groups excluding carboxylic acids is 1. The predicted molar refractivity (Wildman–Crippen MR) is 42.8 cm³/mol. The molecule has 88 valence electrons. The van der Waals surface area contributed by atoms with Gasteiger partial charge in [0.15, 0.2) is 11.6 Å². The number of aromatic hydroxyl groups is 1. The zero-order valence-corrected chi connectivity index (χ0v) is 7.61. The zero-order valence-electron chi connectivity index (χ0n) is 7.61. The van der Waals surface area contributed by atoms with Crippen LogP contribution in [0.4, 0.5) is 22.0 Å². The van der Waals surface area contributed by atoms with E-state index < -0.39 is 41.3 Å². The Bertz CT molecular complexity index is 425. The summed E-state index contributed by atoms with van der Waals surface area (Å²) in [6.07, 6.45) is -6.40. The molecule has 1 aromatic rings. The minimum absolute atomic E-state index is 0.302. The Hall–Kier alpha value is -1.66. The zero-order chi connectivity index (χ0) is 12.5. The lowest BCUT2D eigenvalue weighted by Crippen LogP contribution is -2.24. The summed E-state index contributed by atoms with van der Waals surface area (Å²) in [5.41, 5.74) is -0.736. The van der Waals surface area contributed by atoms with Gasteiger partial charge in [0.25, 0.3) is 0 Å². The lowest BCUT2D eigenvalue weighted by molar-refractivity contribution is -0.170. The Labute approximate surface area is 86.3 Å². The van der Waals surface area contributed by atoms with Crippen molar-refractivity contribution in [3.63, 3.8) is 0 Å². The van der Waals surface area contributed by atoms with E-state index in [9.17, 15) is 26.7 Å². The number of Topliss-reactive ketones (excluding diaryl/α,β-unsaturated/α-hetero) is 1. The SMILES string of the molecule is O=C(Cc1cc(F)cc(F)c1O)C(F)(F)F. The van der Waals surface area contributed by atoms with Gasteiger partial charge in [0.1, 0.15) is 5.82 Å². The molecule has 0 atom stereocenters. The van der Waals surface area contributed by atoms with E-state index >= 15 is 0 Å². The fourth-order valence-corrected chi connectivity index (χ4v) is 1.03. The van der Waals surface area contributed by atoms with Crippen molar-refractivity contribution in [2.75, 3.05) is 0 Å². The van der Waals surface area contributed by atoms with E-state index in [1.807, 2.05) is 0 Å². The van der Waals surface area contributed by atoms with Crippen molar-refractivity contribution in [2.45, 2.75) is 12.6 Å². The molecule has 0 fully saturated rings. The molecule has 0 aliphatic carbocycles. The maximum atomic E-state index is 12.7. The van der Waals surface area contributed by atoms with E-state index in [1.54, 1.807) is 0 Å². The third-order valence-electron chi connectivity index (χ3n) is 1.77. The number of ketones is 1. The molecule has 2 nitrogen and oxygen atoms in total. The number of halogens is 5. The van der Waals surface area contributed by atoms with Crippen LogP contribution in [0.2, 0.25) is 0 Å². The van der Waals surface area contributed by atoms with Crippen molar-refractivity contribution >= 4 is 5.78 Å². The highest BCUT2D eigenvalue weighted by Gasteiger charge is 2.38. The second-order valence-corrected chi connectivity index (χ2v) is 2.99. The van der Waals surface area contributed by atoms with Crippen LogP contribution in [-0.4, -0.2) is 17.1 Å². The van der Waals surface area contributed by atoms with E-state index in [4.69, 9.17) is 5.11 Å². The summed E-state index contributed by atoms with van der Waals surface area (Å²) in [5.74, 6) is -5.92. The van der Waals surface area contributed by atoms with Gasteiger partial charge in [0, 0.05) is 18.1 Å². The van der Waals surface area contributed by atoms with E-state index in [2.05, 4.69) is 0 Å². The van der Waals surface area contributed by atoms with Crippen LogP contribution in [0.5, 0.6) is 5.75 Å². The standard InChI is InChI=1S/C9H5F5O2/c10-5-1-4(8(16)6(11)3-5)2-7(15)9(12,13)14/h1,3,16H,2H2. The molecule has 16 heavy (non-hydrogen) atoms. The van der Waals surface area contributed by atoms with Crippen LogP contribution >= 0.6 is 0 Å². The fraction of sp³-hybridized carbons (Fsp3) is 0.222. The molecule has 0 aliphatic rings. The first-order valence-electron chi connectivity index (χ1n) is 3.98. The molecule has 0 saturated carbocycles. The van der Waals surface area contributed by atoms with Gasteiger partial charge >= 0.3 is 6.18 Å². The van der Waals surface area contributed by atoms with Gasteiger partial charge in [-0.3, -0.25) is 4.79 Å². The summed E-state index contributed by atoms with van der Waals surface area (Å²) < 4.78 is 60.9. The Morgan fingerprint density at radius 2 is 1.81 bits per heavy atom. The number of carbonyl (C=O) groups is 1. The first kappa shape index (κ1) is 12.4. The molecule has 1 N–H and O–H groups in total. The summed E-state index contributed by atoms with van der Waals surface area (Å²) in [6, 6.07) is 0.777. The van der Waals surface area contributed by atoms with Gasteiger partial charge in [-0.1, -0.05) is 0 Å². The maximum Gasteiger partial charge on any atom is 0.450 e. The summed E-state index contributed by atoms with van der Waals surface area (Å²) in [5, 5.41) is 8.98. The van der Waals surface area contributed by atoms with Crippen molar-refractivity contribution in [3.05, 3.63) is 29.3 Å². The Morgan fingerprint density at radius 3 is 2.31 bits per heavy atom. The number of phenols is 1. The molecule has 7 heteroatoms. The lowest BCUT2D eigenvalue weighted by Gasteiger charge is -2.07. The highest BCUT2D eigenvalue weighted by Crippen LogP contribution is 2.26. The predicted octanol–water partition coefficient (Wildman–Crippen LogP) is 2.34. The van der Waals surface area contributed by atoms with Crippen LogP contribution in [0.3, 0.4) is 0 Å². The van der Waals surface area contributed by atoms with Crippen molar-refractivity contribution in [1.29, 1.82) is 0 Å². The van der Waals surface area contributed by atoms with Crippen LogP contribution in [0.25, 0.3) is 0 Å². The number of hydrogen-bond donors (Lipinski definition) is 1. The van der Waals surface area contributed by atoms with Gasteiger partial charge in [-0.2, -0.15) is 13.2 Å². The van der Waals surface area contributed by atoms with Crippen LogP contribution in [0.1, 0.15) is 5.56 Å². The Morgan fingerprint density at radius 1 is 1.25 bits per heavy atom. The Kier molecular flexibility index (Phi) is 3.16. The monoisotopic (exact) mass is 240 g/mol. The van der Waals surface area contributed by atoms with Crippen LogP contribution < -0.4 is 0 Å². The minimum Gasteiger partial charge on any atom is -0.505 e. The van der Waals surface area contributed by atoms with E-state index in [1.165, 1.54) is 0 Å². The van der Waals surface area contributed by atoms with Crippen molar-refractivity contribution in [1.82, 2.24) is 0 Å². The molecular formula is C9H5F5O2. The van der Waals surface area contributed by atoms with Crippen molar-refractivity contribution < 1.29 is 31.9 Å². The third-order valence-corrected chi connectivity index (χ3v) is 1.77. The smallest absolute Gasteiger partial charge is 0.450 e. The molecule has 0 aliphatic heterocycles. The molecule has 0 aromatic heterocycles. The number of benzene rings is 1.